The van der Waals surface area contributed by atoms with Crippen molar-refractivity contribution in [2.24, 2.45) is 17.4 Å². The maximum absolute atomic E-state index is 6.06. The number of alkyl halides is 1. The Balaban J connectivity index is 2.77. The van der Waals surface area contributed by atoms with Gasteiger partial charge < -0.3 is 20.9 Å². The van der Waals surface area contributed by atoms with Crippen molar-refractivity contribution in [2.45, 2.75) is 25.9 Å². The van der Waals surface area contributed by atoms with Crippen LogP contribution in [0.15, 0.2) is 47.5 Å². The van der Waals surface area contributed by atoms with E-state index in [-0.39, 0.29) is 6.10 Å². The molecule has 5 heteroatoms. The summed E-state index contributed by atoms with van der Waals surface area (Å²) in [6.07, 6.45) is 10.8. The molecule has 21 heavy (non-hydrogen) atoms. The van der Waals surface area contributed by atoms with Gasteiger partial charge in [-0.25, -0.2) is 0 Å². The third-order valence-corrected chi connectivity index (χ3v) is 3.78. The topological polar surface area (TPSA) is 70.5 Å². The molecule has 2 atom stereocenters. The summed E-state index contributed by atoms with van der Waals surface area (Å²) < 4.78 is 11.1. The summed E-state index contributed by atoms with van der Waals surface area (Å²) in [5, 5.41) is 0. The van der Waals surface area contributed by atoms with E-state index in [4.69, 9.17) is 32.5 Å². The van der Waals surface area contributed by atoms with E-state index in [1.165, 1.54) is 6.20 Å². The molecule has 0 radical (unpaired) electrons. The van der Waals surface area contributed by atoms with Crippen LogP contribution in [0.5, 0.6) is 0 Å². The van der Waals surface area contributed by atoms with Crippen LogP contribution in [-0.4, -0.2) is 25.7 Å². The highest BCUT2D eigenvalue weighted by atomic mass is 35.5. The third-order valence-electron chi connectivity index (χ3n) is 3.60. The van der Waals surface area contributed by atoms with Crippen molar-refractivity contribution >= 4 is 11.6 Å². The van der Waals surface area contributed by atoms with E-state index in [1.807, 2.05) is 25.2 Å². The zero-order valence-electron chi connectivity index (χ0n) is 12.7. The summed E-state index contributed by atoms with van der Waals surface area (Å²) in [5.41, 5.74) is 13.2. The fraction of sp³-hybridized carbons (Fsp3) is 0.500. The Morgan fingerprint density at radius 2 is 2.19 bits per heavy atom. The highest BCUT2D eigenvalue weighted by Gasteiger charge is 2.29. The summed E-state index contributed by atoms with van der Waals surface area (Å²) in [6, 6.07) is 0. The second kappa shape index (κ2) is 9.53. The highest BCUT2D eigenvalue weighted by molar-refractivity contribution is 6.18. The van der Waals surface area contributed by atoms with Crippen molar-refractivity contribution in [2.75, 3.05) is 19.6 Å². The lowest BCUT2D eigenvalue weighted by Gasteiger charge is -2.19. The molecule has 0 aromatic carbocycles. The number of rotatable bonds is 7. The third kappa shape index (κ3) is 5.48. The van der Waals surface area contributed by atoms with Gasteiger partial charge in [-0.15, -0.1) is 11.6 Å². The van der Waals surface area contributed by atoms with Crippen molar-refractivity contribution in [1.82, 2.24) is 0 Å². The molecular formula is C16H25ClN2O2. The molecule has 2 unspecified atom stereocenters. The standard InChI is InChI=1S/C16H25ClN2O2/c1-12(15(19)4-3-9-17)16-13(8-11-21-16)5-6-14(20-2)7-10-18/h3-4,6-7,10,13,16H,5,8-9,11,18-19H2,1-2H3/b4-3-,10-7-,14-6+,15-12-. The van der Waals surface area contributed by atoms with Crippen LogP contribution in [0.25, 0.3) is 0 Å². The number of ether oxygens (including phenoxy) is 2. The Hall–Kier alpha value is -1.39. The largest absolute Gasteiger partial charge is 0.497 e. The summed E-state index contributed by atoms with van der Waals surface area (Å²) >= 11 is 5.63. The molecule has 1 aliphatic heterocycles. The van der Waals surface area contributed by atoms with Gasteiger partial charge in [-0.2, -0.15) is 0 Å². The molecule has 4 nitrogen and oxygen atoms in total. The molecule has 0 aliphatic carbocycles. The molecule has 4 N–H and O–H groups in total. The number of methoxy groups -OCH3 is 1. The van der Waals surface area contributed by atoms with Crippen molar-refractivity contribution in [3.8, 4) is 0 Å². The average molecular weight is 313 g/mol. The molecule has 0 saturated carbocycles. The van der Waals surface area contributed by atoms with E-state index in [9.17, 15) is 0 Å². The van der Waals surface area contributed by atoms with Gasteiger partial charge in [0.2, 0.25) is 0 Å². The van der Waals surface area contributed by atoms with Crippen LogP contribution in [0.3, 0.4) is 0 Å². The quantitative estimate of drug-likeness (QED) is 0.431. The number of nitrogens with two attached hydrogens (primary N) is 2. The molecule has 0 aromatic heterocycles. The van der Waals surface area contributed by atoms with Crippen LogP contribution in [0, 0.1) is 5.92 Å². The predicted octanol–water partition coefficient (Wildman–Crippen LogP) is 2.81. The van der Waals surface area contributed by atoms with E-state index in [0.717, 1.165) is 36.5 Å². The maximum atomic E-state index is 6.06. The van der Waals surface area contributed by atoms with Crippen LogP contribution >= 0.6 is 11.6 Å². The first-order valence-electron chi connectivity index (χ1n) is 7.06. The number of hydrogen-bond donors (Lipinski definition) is 2. The Labute approximate surface area is 132 Å². The van der Waals surface area contributed by atoms with E-state index in [2.05, 4.69) is 0 Å². The van der Waals surface area contributed by atoms with Gasteiger partial charge in [-0.05, 0) is 55.7 Å². The van der Waals surface area contributed by atoms with Crippen LogP contribution in [0.2, 0.25) is 0 Å². The molecule has 0 spiro atoms. The lowest BCUT2D eigenvalue weighted by Crippen LogP contribution is -2.20. The SMILES string of the molecule is COC(/C=C\N)=C/CC1CCOC1/C(C)=C(N)/C=C\CCl. The van der Waals surface area contributed by atoms with Gasteiger partial charge in [0.15, 0.2) is 0 Å². The monoisotopic (exact) mass is 312 g/mol. The average Bonchev–Trinajstić information content (AvgIpc) is 2.96. The fourth-order valence-electron chi connectivity index (χ4n) is 2.40. The summed E-state index contributed by atoms with van der Waals surface area (Å²) in [6.45, 7) is 2.76. The molecule has 1 fully saturated rings. The Kier molecular flexibility index (Phi) is 8.01. The zero-order chi connectivity index (χ0) is 15.7. The van der Waals surface area contributed by atoms with Crippen molar-refractivity contribution in [3.63, 3.8) is 0 Å². The normalized spacial score (nSPS) is 24.8. The first-order valence-corrected chi connectivity index (χ1v) is 7.60. The van der Waals surface area contributed by atoms with Crippen LogP contribution in [-0.2, 0) is 9.47 Å². The number of allylic oxidation sites excluding steroid dienone is 4. The van der Waals surface area contributed by atoms with Gasteiger partial charge in [0.25, 0.3) is 0 Å². The molecular weight excluding hydrogens is 288 g/mol. The Morgan fingerprint density at radius 1 is 1.43 bits per heavy atom. The van der Waals surface area contributed by atoms with Gasteiger partial charge in [-0.3, -0.25) is 0 Å². The molecule has 1 aliphatic rings. The zero-order valence-corrected chi connectivity index (χ0v) is 13.5. The van der Waals surface area contributed by atoms with Crippen molar-refractivity contribution in [1.29, 1.82) is 0 Å². The maximum Gasteiger partial charge on any atom is 0.116 e. The smallest absolute Gasteiger partial charge is 0.116 e. The van der Waals surface area contributed by atoms with E-state index < -0.39 is 0 Å². The van der Waals surface area contributed by atoms with Gasteiger partial charge in [-0.1, -0.05) is 6.08 Å². The fourth-order valence-corrected chi connectivity index (χ4v) is 2.49. The molecule has 118 valence electrons. The molecule has 1 rings (SSSR count). The summed E-state index contributed by atoms with van der Waals surface area (Å²) in [4.78, 5) is 0. The first kappa shape index (κ1) is 17.7. The minimum atomic E-state index is 0.0428. The summed E-state index contributed by atoms with van der Waals surface area (Å²) in [7, 11) is 1.63. The second-order valence-electron chi connectivity index (χ2n) is 4.94. The van der Waals surface area contributed by atoms with Crippen LogP contribution in [0.1, 0.15) is 19.8 Å². The lowest BCUT2D eigenvalue weighted by atomic mass is 9.91. The highest BCUT2D eigenvalue weighted by Crippen LogP contribution is 2.30. The summed E-state index contributed by atoms with van der Waals surface area (Å²) in [5.74, 6) is 1.61. The molecule has 1 heterocycles. The number of halogens is 1. The minimum absolute atomic E-state index is 0.0428. The lowest BCUT2D eigenvalue weighted by molar-refractivity contribution is 0.118. The molecule has 0 bridgehead atoms. The number of hydrogen-bond acceptors (Lipinski definition) is 4. The van der Waals surface area contributed by atoms with Crippen LogP contribution < -0.4 is 11.5 Å². The van der Waals surface area contributed by atoms with Gasteiger partial charge >= 0.3 is 0 Å². The van der Waals surface area contributed by atoms with Crippen molar-refractivity contribution < 1.29 is 9.47 Å². The van der Waals surface area contributed by atoms with E-state index in [1.54, 1.807) is 13.2 Å². The Morgan fingerprint density at radius 3 is 2.81 bits per heavy atom. The van der Waals surface area contributed by atoms with Gasteiger partial charge in [0.1, 0.15) is 5.76 Å². The molecule has 0 aromatic rings. The molecule has 1 saturated heterocycles. The van der Waals surface area contributed by atoms with Gasteiger partial charge in [0, 0.05) is 18.2 Å². The van der Waals surface area contributed by atoms with Gasteiger partial charge in [0.05, 0.1) is 13.2 Å². The first-order chi connectivity index (χ1) is 10.1. The minimum Gasteiger partial charge on any atom is -0.497 e. The van der Waals surface area contributed by atoms with E-state index >= 15 is 0 Å². The Bertz CT molecular complexity index is 442. The predicted molar refractivity (Wildman–Crippen MR) is 87.6 cm³/mol. The molecule has 0 amide bonds. The van der Waals surface area contributed by atoms with Crippen molar-refractivity contribution in [3.05, 3.63) is 47.5 Å². The van der Waals surface area contributed by atoms with E-state index in [0.29, 0.717) is 11.8 Å². The second-order valence-corrected chi connectivity index (χ2v) is 5.25. The van der Waals surface area contributed by atoms with Crippen LogP contribution in [0.4, 0.5) is 0 Å².